The van der Waals surface area contributed by atoms with Crippen molar-refractivity contribution in [3.05, 3.63) is 23.8 Å². The van der Waals surface area contributed by atoms with Gasteiger partial charge in [0, 0.05) is 13.0 Å². The van der Waals surface area contributed by atoms with Gasteiger partial charge < -0.3 is 19.5 Å². The van der Waals surface area contributed by atoms with Crippen molar-refractivity contribution in [1.82, 2.24) is 5.32 Å². The fourth-order valence-electron chi connectivity index (χ4n) is 2.10. The molecule has 0 aromatic heterocycles. The van der Waals surface area contributed by atoms with Gasteiger partial charge in [-0.05, 0) is 37.0 Å². The first-order valence-corrected chi connectivity index (χ1v) is 7.81. The van der Waals surface area contributed by atoms with E-state index in [1.807, 2.05) is 26.0 Å². The Morgan fingerprint density at radius 3 is 2.70 bits per heavy atom. The summed E-state index contributed by atoms with van der Waals surface area (Å²) in [6.07, 6.45) is 0.283. The van der Waals surface area contributed by atoms with Crippen molar-refractivity contribution in [2.45, 2.75) is 46.3 Å². The van der Waals surface area contributed by atoms with Crippen molar-refractivity contribution in [1.29, 1.82) is 0 Å². The molecule has 1 aliphatic heterocycles. The Bertz CT molecular complexity index is 570. The van der Waals surface area contributed by atoms with Gasteiger partial charge in [0.05, 0.1) is 0 Å². The largest absolute Gasteiger partial charge is 0.454 e. The van der Waals surface area contributed by atoms with E-state index in [4.69, 9.17) is 14.2 Å². The average molecular weight is 321 g/mol. The Labute approximate surface area is 136 Å². The first-order chi connectivity index (χ1) is 11.0. The fraction of sp³-hybridized carbons (Fsp3) is 0.529. The summed E-state index contributed by atoms with van der Waals surface area (Å²) in [5, 5.41) is 2.75. The number of ether oxygens (including phenoxy) is 3. The second kappa shape index (κ2) is 7.85. The molecule has 0 bridgehead atoms. The lowest BCUT2D eigenvalue weighted by Crippen LogP contribution is -2.35. The second-order valence-corrected chi connectivity index (χ2v) is 5.97. The van der Waals surface area contributed by atoms with E-state index < -0.39 is 6.10 Å². The molecule has 2 rings (SSSR count). The van der Waals surface area contributed by atoms with Crippen molar-refractivity contribution >= 4 is 11.9 Å². The van der Waals surface area contributed by atoms with Crippen LogP contribution in [0.25, 0.3) is 0 Å². The number of esters is 1. The molecule has 0 fully saturated rings. The summed E-state index contributed by atoms with van der Waals surface area (Å²) in [6.45, 7) is 6.20. The monoisotopic (exact) mass is 321 g/mol. The molecule has 0 radical (unpaired) electrons. The zero-order valence-corrected chi connectivity index (χ0v) is 13.8. The van der Waals surface area contributed by atoms with E-state index in [1.54, 1.807) is 13.0 Å². The summed E-state index contributed by atoms with van der Waals surface area (Å²) in [7, 11) is 0. The highest BCUT2D eigenvalue weighted by Gasteiger charge is 2.18. The van der Waals surface area contributed by atoms with Crippen molar-refractivity contribution < 1.29 is 23.8 Å². The van der Waals surface area contributed by atoms with Gasteiger partial charge in [0.1, 0.15) is 0 Å². The molecule has 0 spiro atoms. The number of benzene rings is 1. The van der Waals surface area contributed by atoms with Crippen LogP contribution in [0.4, 0.5) is 0 Å². The van der Waals surface area contributed by atoms with Gasteiger partial charge in [-0.15, -0.1) is 0 Å². The topological polar surface area (TPSA) is 73.9 Å². The smallest absolute Gasteiger partial charge is 0.306 e. The second-order valence-electron chi connectivity index (χ2n) is 5.97. The maximum Gasteiger partial charge on any atom is 0.306 e. The van der Waals surface area contributed by atoms with Crippen LogP contribution in [0, 0.1) is 5.92 Å². The molecule has 1 amide bonds. The van der Waals surface area contributed by atoms with Crippen LogP contribution < -0.4 is 14.8 Å². The summed E-state index contributed by atoms with van der Waals surface area (Å²) in [5.74, 6) is 1.14. The Balaban J connectivity index is 1.76. The van der Waals surface area contributed by atoms with Gasteiger partial charge in [-0.25, -0.2) is 0 Å². The van der Waals surface area contributed by atoms with Gasteiger partial charge in [-0.3, -0.25) is 9.59 Å². The zero-order valence-electron chi connectivity index (χ0n) is 13.8. The standard InChI is InChI=1S/C17H23NO5/c1-11(2)4-7-16(19)23-12(3)17(20)18-9-13-5-6-14-15(8-13)22-10-21-14/h5-6,8,11-12H,4,7,9-10H2,1-3H3,(H,18,20)/t12-/m0/s1. The third kappa shape index (κ3) is 5.16. The number of nitrogens with one attached hydrogen (secondary N) is 1. The van der Waals surface area contributed by atoms with Crippen LogP contribution in [0.1, 0.15) is 39.2 Å². The average Bonchev–Trinajstić information content (AvgIpc) is 2.98. The van der Waals surface area contributed by atoms with Crippen LogP contribution in [0.15, 0.2) is 18.2 Å². The normalized spacial score (nSPS) is 13.7. The van der Waals surface area contributed by atoms with E-state index in [0.29, 0.717) is 30.4 Å². The highest BCUT2D eigenvalue weighted by Crippen LogP contribution is 2.32. The number of amides is 1. The molecule has 23 heavy (non-hydrogen) atoms. The molecule has 1 heterocycles. The van der Waals surface area contributed by atoms with E-state index >= 15 is 0 Å². The molecular weight excluding hydrogens is 298 g/mol. The highest BCUT2D eigenvalue weighted by atomic mass is 16.7. The van der Waals surface area contributed by atoms with E-state index in [2.05, 4.69) is 5.32 Å². The van der Waals surface area contributed by atoms with E-state index in [-0.39, 0.29) is 18.7 Å². The maximum atomic E-state index is 12.0. The summed E-state index contributed by atoms with van der Waals surface area (Å²) in [6, 6.07) is 5.48. The van der Waals surface area contributed by atoms with E-state index in [9.17, 15) is 9.59 Å². The lowest BCUT2D eigenvalue weighted by atomic mass is 10.1. The maximum absolute atomic E-state index is 12.0. The number of fused-ring (bicyclic) bond motifs is 1. The third-order valence-electron chi connectivity index (χ3n) is 3.51. The molecule has 1 aromatic carbocycles. The predicted molar refractivity (Wildman–Crippen MR) is 84.0 cm³/mol. The predicted octanol–water partition coefficient (Wildman–Crippen LogP) is 2.40. The van der Waals surface area contributed by atoms with Crippen LogP contribution in [0.2, 0.25) is 0 Å². The quantitative estimate of drug-likeness (QED) is 0.781. The number of hydrogen-bond acceptors (Lipinski definition) is 5. The van der Waals surface area contributed by atoms with E-state index in [0.717, 1.165) is 12.0 Å². The third-order valence-corrected chi connectivity index (χ3v) is 3.51. The Morgan fingerprint density at radius 1 is 1.22 bits per heavy atom. The molecule has 0 unspecified atom stereocenters. The molecule has 0 aliphatic carbocycles. The van der Waals surface area contributed by atoms with Gasteiger partial charge in [-0.2, -0.15) is 0 Å². The van der Waals surface area contributed by atoms with Crippen LogP contribution >= 0.6 is 0 Å². The van der Waals surface area contributed by atoms with Crippen LogP contribution in [-0.4, -0.2) is 24.8 Å². The minimum atomic E-state index is -0.802. The van der Waals surface area contributed by atoms with Crippen molar-refractivity contribution in [3.8, 4) is 11.5 Å². The number of carbonyl (C=O) groups is 2. The number of hydrogen-bond donors (Lipinski definition) is 1. The van der Waals surface area contributed by atoms with Crippen LogP contribution in [0.5, 0.6) is 11.5 Å². The highest BCUT2D eigenvalue weighted by molar-refractivity contribution is 5.83. The summed E-state index contributed by atoms with van der Waals surface area (Å²) < 4.78 is 15.7. The van der Waals surface area contributed by atoms with Crippen molar-refractivity contribution in [3.63, 3.8) is 0 Å². The Hall–Kier alpha value is -2.24. The van der Waals surface area contributed by atoms with Crippen molar-refractivity contribution in [2.75, 3.05) is 6.79 Å². The van der Waals surface area contributed by atoms with Gasteiger partial charge in [-0.1, -0.05) is 19.9 Å². The van der Waals surface area contributed by atoms with Gasteiger partial charge in [0.15, 0.2) is 17.6 Å². The molecule has 6 heteroatoms. The van der Waals surface area contributed by atoms with Crippen LogP contribution in [-0.2, 0) is 20.9 Å². The number of carbonyl (C=O) groups excluding carboxylic acids is 2. The molecular formula is C17H23NO5. The first-order valence-electron chi connectivity index (χ1n) is 7.81. The molecule has 1 N–H and O–H groups in total. The number of rotatable bonds is 7. The van der Waals surface area contributed by atoms with Crippen molar-refractivity contribution in [2.24, 2.45) is 5.92 Å². The van der Waals surface area contributed by atoms with Gasteiger partial charge in [0.25, 0.3) is 5.91 Å². The summed E-state index contributed by atoms with van der Waals surface area (Å²) in [5.41, 5.74) is 0.890. The molecule has 0 saturated carbocycles. The van der Waals surface area contributed by atoms with Gasteiger partial charge >= 0.3 is 5.97 Å². The fourth-order valence-corrected chi connectivity index (χ4v) is 2.10. The minimum Gasteiger partial charge on any atom is -0.454 e. The summed E-state index contributed by atoms with van der Waals surface area (Å²) >= 11 is 0. The van der Waals surface area contributed by atoms with Gasteiger partial charge in [0.2, 0.25) is 6.79 Å². The Kier molecular flexibility index (Phi) is 5.84. The van der Waals surface area contributed by atoms with Crippen LogP contribution in [0.3, 0.4) is 0 Å². The molecule has 1 aliphatic rings. The molecule has 126 valence electrons. The Morgan fingerprint density at radius 2 is 1.96 bits per heavy atom. The molecule has 6 nitrogen and oxygen atoms in total. The zero-order chi connectivity index (χ0) is 16.8. The molecule has 1 aromatic rings. The molecule has 0 saturated heterocycles. The molecule has 1 atom stereocenters. The SMILES string of the molecule is CC(C)CCC(=O)O[C@@H](C)C(=O)NCc1ccc2c(c1)OCO2. The first kappa shape index (κ1) is 17.1. The summed E-state index contributed by atoms with van der Waals surface area (Å²) in [4.78, 5) is 23.6. The lowest BCUT2D eigenvalue weighted by molar-refractivity contribution is -0.155. The van der Waals surface area contributed by atoms with E-state index in [1.165, 1.54) is 0 Å². The lowest BCUT2D eigenvalue weighted by Gasteiger charge is -2.14. The minimum absolute atomic E-state index is 0.217.